The molecule has 1 saturated carbocycles. The van der Waals surface area contributed by atoms with E-state index in [0.717, 1.165) is 40.9 Å². The molecule has 2 aromatic rings. The maximum absolute atomic E-state index is 11.5. The number of methoxy groups -OCH3 is 1. The highest BCUT2D eigenvalue weighted by molar-refractivity contribution is 7.89. The Balaban J connectivity index is 1.77. The molecule has 4 rings (SSSR count). The van der Waals surface area contributed by atoms with E-state index >= 15 is 0 Å². The third-order valence-electron chi connectivity index (χ3n) is 5.43. The highest BCUT2D eigenvalue weighted by Crippen LogP contribution is 2.51. The number of aromatic nitrogens is 1. The Hall–Kier alpha value is -2.44. The van der Waals surface area contributed by atoms with Gasteiger partial charge in [-0.2, -0.15) is 0 Å². The van der Waals surface area contributed by atoms with Crippen LogP contribution in [0.15, 0.2) is 59.8 Å². The standard InChI is InChI=1S/C21H22N2O3S/c1-26-17-7-4-15(5-8-17)18-12-21(10-2-3-11-21)13-19(18)16-6-9-20(23-14-16)27(22,24)25/h4-9,12-14H,2-3,10-11H2,1H3,(H2,22,24,25). The van der Waals surface area contributed by atoms with Crippen LogP contribution in [0.25, 0.3) is 11.1 Å². The molecule has 0 bridgehead atoms. The summed E-state index contributed by atoms with van der Waals surface area (Å²) in [5.74, 6) is 0.817. The molecular formula is C21H22N2O3S. The van der Waals surface area contributed by atoms with Crippen molar-refractivity contribution in [1.29, 1.82) is 0 Å². The lowest BCUT2D eigenvalue weighted by Crippen LogP contribution is -2.13. The van der Waals surface area contributed by atoms with Crippen molar-refractivity contribution in [3.63, 3.8) is 0 Å². The van der Waals surface area contributed by atoms with E-state index in [1.54, 1.807) is 19.4 Å². The van der Waals surface area contributed by atoms with E-state index in [1.807, 2.05) is 12.1 Å². The first-order valence-electron chi connectivity index (χ1n) is 9.00. The van der Waals surface area contributed by atoms with E-state index in [1.165, 1.54) is 18.9 Å². The number of rotatable bonds is 4. The average Bonchev–Trinajstić information content (AvgIpc) is 3.28. The molecule has 27 heavy (non-hydrogen) atoms. The summed E-state index contributed by atoms with van der Waals surface area (Å²) in [4.78, 5) is 4.06. The van der Waals surface area contributed by atoms with Gasteiger partial charge in [0.05, 0.1) is 7.11 Å². The van der Waals surface area contributed by atoms with Gasteiger partial charge in [-0.3, -0.25) is 0 Å². The molecule has 140 valence electrons. The number of primary sulfonamides is 1. The third-order valence-corrected chi connectivity index (χ3v) is 6.25. The first-order valence-corrected chi connectivity index (χ1v) is 10.5. The summed E-state index contributed by atoms with van der Waals surface area (Å²) in [7, 11) is -2.14. The van der Waals surface area contributed by atoms with Crippen LogP contribution in [0.1, 0.15) is 36.8 Å². The lowest BCUT2D eigenvalue weighted by molar-refractivity contribution is 0.415. The first-order chi connectivity index (χ1) is 12.9. The fourth-order valence-corrected chi connectivity index (χ4v) is 4.51. The van der Waals surface area contributed by atoms with Crippen LogP contribution in [0.2, 0.25) is 0 Å². The van der Waals surface area contributed by atoms with Crippen molar-refractivity contribution in [2.24, 2.45) is 10.6 Å². The van der Waals surface area contributed by atoms with Crippen LogP contribution < -0.4 is 9.88 Å². The molecule has 6 heteroatoms. The fraction of sp³-hybridized carbons (Fsp3) is 0.286. The minimum absolute atomic E-state index is 0.0865. The summed E-state index contributed by atoms with van der Waals surface area (Å²) in [5.41, 5.74) is 4.35. The Labute approximate surface area is 159 Å². The van der Waals surface area contributed by atoms with E-state index in [2.05, 4.69) is 29.3 Å². The normalized spacial score (nSPS) is 18.4. The van der Waals surface area contributed by atoms with Crippen LogP contribution in [-0.4, -0.2) is 20.5 Å². The van der Waals surface area contributed by atoms with Crippen molar-refractivity contribution in [2.45, 2.75) is 30.7 Å². The van der Waals surface area contributed by atoms with Gasteiger partial charge in [-0.25, -0.2) is 18.5 Å². The topological polar surface area (TPSA) is 82.3 Å². The van der Waals surface area contributed by atoms with Gasteiger partial charge in [-0.15, -0.1) is 0 Å². The van der Waals surface area contributed by atoms with Gasteiger partial charge in [0.25, 0.3) is 10.0 Å². The molecule has 1 spiro atoms. The van der Waals surface area contributed by atoms with Crippen molar-refractivity contribution in [1.82, 2.24) is 4.98 Å². The predicted octanol–water partition coefficient (Wildman–Crippen LogP) is 3.78. The second kappa shape index (κ2) is 6.62. The number of hydrogen-bond acceptors (Lipinski definition) is 4. The zero-order valence-electron chi connectivity index (χ0n) is 15.2. The van der Waals surface area contributed by atoms with Crippen molar-refractivity contribution >= 4 is 21.2 Å². The summed E-state index contributed by atoms with van der Waals surface area (Å²) in [6.45, 7) is 0. The molecule has 5 nitrogen and oxygen atoms in total. The lowest BCUT2D eigenvalue weighted by Gasteiger charge is -2.16. The van der Waals surface area contributed by atoms with Crippen LogP contribution in [0.5, 0.6) is 5.75 Å². The minimum Gasteiger partial charge on any atom is -0.497 e. The summed E-state index contributed by atoms with van der Waals surface area (Å²) in [6, 6.07) is 11.3. The second-order valence-electron chi connectivity index (χ2n) is 7.21. The molecule has 0 amide bonds. The van der Waals surface area contributed by atoms with Crippen LogP contribution in [0.3, 0.4) is 0 Å². The molecule has 0 aliphatic heterocycles. The van der Waals surface area contributed by atoms with Crippen molar-refractivity contribution in [3.05, 3.63) is 65.9 Å². The second-order valence-corrected chi connectivity index (χ2v) is 8.72. The van der Waals surface area contributed by atoms with Crippen molar-refractivity contribution in [3.8, 4) is 5.75 Å². The van der Waals surface area contributed by atoms with Gasteiger partial charge >= 0.3 is 0 Å². The van der Waals surface area contributed by atoms with Crippen LogP contribution in [-0.2, 0) is 10.0 Å². The van der Waals surface area contributed by atoms with E-state index < -0.39 is 10.0 Å². The molecule has 1 heterocycles. The maximum atomic E-state index is 11.5. The average molecular weight is 382 g/mol. The molecule has 2 aliphatic rings. The van der Waals surface area contributed by atoms with E-state index in [0.29, 0.717) is 0 Å². The zero-order valence-corrected chi connectivity index (χ0v) is 16.0. The van der Waals surface area contributed by atoms with Crippen molar-refractivity contribution < 1.29 is 13.2 Å². The summed E-state index contributed by atoms with van der Waals surface area (Å²) < 4.78 is 28.3. The first kappa shape index (κ1) is 17.9. The minimum atomic E-state index is -3.80. The smallest absolute Gasteiger partial charge is 0.255 e. The van der Waals surface area contributed by atoms with E-state index in [4.69, 9.17) is 9.88 Å². The Morgan fingerprint density at radius 2 is 1.56 bits per heavy atom. The Bertz CT molecular complexity index is 1010. The van der Waals surface area contributed by atoms with Crippen LogP contribution >= 0.6 is 0 Å². The van der Waals surface area contributed by atoms with Crippen molar-refractivity contribution in [2.75, 3.05) is 7.11 Å². The molecule has 0 unspecified atom stereocenters. The number of pyridine rings is 1. The Morgan fingerprint density at radius 3 is 2.07 bits per heavy atom. The van der Waals surface area contributed by atoms with Gasteiger partial charge in [0.2, 0.25) is 0 Å². The van der Waals surface area contributed by atoms with Gasteiger partial charge in [0, 0.05) is 17.2 Å². The largest absolute Gasteiger partial charge is 0.497 e. The molecule has 1 fully saturated rings. The number of nitrogens with two attached hydrogens (primary N) is 1. The molecule has 0 radical (unpaired) electrons. The number of nitrogens with zero attached hydrogens (tertiary/aromatic N) is 1. The highest BCUT2D eigenvalue weighted by atomic mass is 32.2. The maximum Gasteiger partial charge on any atom is 0.255 e. The van der Waals surface area contributed by atoms with Crippen LogP contribution in [0.4, 0.5) is 0 Å². The molecule has 1 aromatic heterocycles. The number of hydrogen-bond donors (Lipinski definition) is 1. The number of ether oxygens (including phenoxy) is 1. The molecule has 0 atom stereocenters. The number of benzene rings is 1. The van der Waals surface area contributed by atoms with Gasteiger partial charge in [0.1, 0.15) is 5.75 Å². The predicted molar refractivity (Wildman–Crippen MR) is 105 cm³/mol. The SMILES string of the molecule is COc1ccc(C2=CC3(C=C2c2ccc(S(N)(=O)=O)nc2)CCCC3)cc1. The number of allylic oxidation sites excluding steroid dienone is 4. The van der Waals surface area contributed by atoms with Gasteiger partial charge in [0.15, 0.2) is 5.03 Å². The summed E-state index contributed by atoms with van der Waals surface area (Å²) in [6.07, 6.45) is 11.0. The van der Waals surface area contributed by atoms with Gasteiger partial charge < -0.3 is 4.74 Å². The fourth-order valence-electron chi connectivity index (χ4n) is 4.05. The quantitative estimate of drug-likeness (QED) is 0.872. The molecule has 2 N–H and O–H groups in total. The Morgan fingerprint density at radius 1 is 0.963 bits per heavy atom. The van der Waals surface area contributed by atoms with Crippen LogP contribution in [0, 0.1) is 5.41 Å². The molecular weight excluding hydrogens is 360 g/mol. The van der Waals surface area contributed by atoms with Gasteiger partial charge in [-0.05, 0) is 53.8 Å². The van der Waals surface area contributed by atoms with Gasteiger partial charge in [-0.1, -0.05) is 37.1 Å². The number of sulfonamides is 1. The Kier molecular flexibility index (Phi) is 4.40. The third kappa shape index (κ3) is 3.42. The monoisotopic (exact) mass is 382 g/mol. The zero-order chi connectivity index (χ0) is 19.1. The molecule has 1 aromatic carbocycles. The molecule has 2 aliphatic carbocycles. The summed E-state index contributed by atoms with van der Waals surface area (Å²) >= 11 is 0. The molecule has 0 saturated heterocycles. The van der Waals surface area contributed by atoms with E-state index in [-0.39, 0.29) is 10.4 Å². The summed E-state index contributed by atoms with van der Waals surface area (Å²) in [5, 5.41) is 5.06. The van der Waals surface area contributed by atoms with E-state index in [9.17, 15) is 8.42 Å². The lowest BCUT2D eigenvalue weighted by atomic mass is 9.88. The highest BCUT2D eigenvalue weighted by Gasteiger charge is 2.36.